The predicted molar refractivity (Wildman–Crippen MR) is 137 cm³/mol. The molecular weight excluding hydrogens is 440 g/mol. The highest BCUT2D eigenvalue weighted by atomic mass is 16.5. The highest BCUT2D eigenvalue weighted by Gasteiger charge is 2.19. The number of ether oxygens (including phenoxy) is 1. The van der Waals surface area contributed by atoms with Gasteiger partial charge < -0.3 is 9.30 Å². The van der Waals surface area contributed by atoms with E-state index in [4.69, 9.17) is 9.72 Å². The number of aryl methyl sites for hydroxylation is 3. The molecule has 0 saturated carbocycles. The maximum absolute atomic E-state index is 12.5. The second kappa shape index (κ2) is 7.73. The van der Waals surface area contributed by atoms with Crippen LogP contribution in [0.15, 0.2) is 78.0 Å². The van der Waals surface area contributed by atoms with E-state index in [1.54, 1.807) is 36.7 Å². The van der Waals surface area contributed by atoms with Crippen LogP contribution in [-0.4, -0.2) is 35.3 Å². The van der Waals surface area contributed by atoms with Crippen LogP contribution in [-0.2, 0) is 21.1 Å². The summed E-state index contributed by atoms with van der Waals surface area (Å²) in [5.74, 6) is 1.61. The van der Waals surface area contributed by atoms with E-state index >= 15 is 0 Å². The second-order valence-corrected chi connectivity index (χ2v) is 8.67. The highest BCUT2D eigenvalue weighted by molar-refractivity contribution is 5.88. The van der Waals surface area contributed by atoms with Crippen molar-refractivity contribution in [2.24, 2.45) is 21.1 Å². The molecule has 35 heavy (non-hydrogen) atoms. The molecule has 3 aromatic carbocycles. The summed E-state index contributed by atoms with van der Waals surface area (Å²) in [5, 5.41) is 0. The number of fused-ring (bicyclic) bond motifs is 2. The number of methoxy groups -OCH3 is 1. The average Bonchev–Trinajstić information content (AvgIpc) is 3.54. The topological polar surface area (TPSA) is 71.8 Å². The quantitative estimate of drug-likeness (QED) is 0.390. The van der Waals surface area contributed by atoms with Crippen LogP contribution in [0.25, 0.3) is 50.4 Å². The number of benzene rings is 3. The molecule has 0 saturated heterocycles. The molecular formula is C27H24N6O2. The molecule has 0 aliphatic heterocycles. The summed E-state index contributed by atoms with van der Waals surface area (Å²) in [6, 6.07) is 20.3. The molecule has 0 aliphatic rings. The van der Waals surface area contributed by atoms with Gasteiger partial charge in [0.1, 0.15) is 11.4 Å². The van der Waals surface area contributed by atoms with Crippen LogP contribution in [0.4, 0.5) is 0 Å². The summed E-state index contributed by atoms with van der Waals surface area (Å²) in [4.78, 5) is 21.9. The zero-order valence-electron chi connectivity index (χ0n) is 19.9. The Hall–Kier alpha value is -4.59. The van der Waals surface area contributed by atoms with Crippen molar-refractivity contribution in [3.63, 3.8) is 0 Å². The molecule has 0 aliphatic carbocycles. The van der Waals surface area contributed by atoms with Gasteiger partial charge in [-0.1, -0.05) is 18.2 Å². The van der Waals surface area contributed by atoms with E-state index in [-0.39, 0.29) is 5.69 Å². The zero-order valence-corrected chi connectivity index (χ0v) is 19.9. The maximum atomic E-state index is 12.5. The predicted octanol–water partition coefficient (Wildman–Crippen LogP) is 4.29. The Kier molecular flexibility index (Phi) is 4.63. The molecule has 6 rings (SSSR count). The van der Waals surface area contributed by atoms with Crippen molar-refractivity contribution >= 4 is 22.1 Å². The van der Waals surface area contributed by atoms with Gasteiger partial charge in [0.2, 0.25) is 0 Å². The molecule has 0 amide bonds. The SMILES string of the molecule is COc1ccc(-c2ccc3c(c2)nc(-c2cncn2C)n3-c2ccc3c(c2)n(C)c(=O)n3C)cc1. The third-order valence-corrected chi connectivity index (χ3v) is 6.64. The van der Waals surface area contributed by atoms with Crippen molar-refractivity contribution in [3.05, 3.63) is 83.7 Å². The lowest BCUT2D eigenvalue weighted by atomic mass is 10.0. The molecule has 0 fully saturated rings. The van der Waals surface area contributed by atoms with Gasteiger partial charge >= 0.3 is 5.69 Å². The van der Waals surface area contributed by atoms with Crippen LogP contribution in [0.3, 0.4) is 0 Å². The molecule has 174 valence electrons. The van der Waals surface area contributed by atoms with E-state index < -0.39 is 0 Å². The van der Waals surface area contributed by atoms with E-state index in [1.165, 1.54) is 0 Å². The monoisotopic (exact) mass is 464 g/mol. The Morgan fingerprint density at radius 2 is 1.51 bits per heavy atom. The number of aromatic nitrogens is 6. The molecule has 6 aromatic rings. The molecule has 8 nitrogen and oxygen atoms in total. The number of rotatable bonds is 4. The van der Waals surface area contributed by atoms with Crippen LogP contribution in [0.2, 0.25) is 0 Å². The van der Waals surface area contributed by atoms with Gasteiger partial charge in [-0.3, -0.25) is 13.7 Å². The zero-order chi connectivity index (χ0) is 24.3. The minimum atomic E-state index is -0.0522. The molecule has 0 unspecified atom stereocenters. The van der Waals surface area contributed by atoms with Crippen molar-refractivity contribution in [3.8, 4) is 34.1 Å². The molecule has 0 spiro atoms. The average molecular weight is 465 g/mol. The van der Waals surface area contributed by atoms with Crippen LogP contribution in [0, 0.1) is 0 Å². The van der Waals surface area contributed by atoms with E-state index in [0.29, 0.717) is 0 Å². The van der Waals surface area contributed by atoms with E-state index in [1.807, 2.05) is 60.3 Å². The summed E-state index contributed by atoms with van der Waals surface area (Å²) >= 11 is 0. The van der Waals surface area contributed by atoms with Gasteiger partial charge in [-0.05, 0) is 53.6 Å². The van der Waals surface area contributed by atoms with Crippen LogP contribution < -0.4 is 10.4 Å². The fourth-order valence-electron chi connectivity index (χ4n) is 4.68. The Balaban J connectivity index is 1.60. The van der Waals surface area contributed by atoms with Gasteiger partial charge in [-0.2, -0.15) is 0 Å². The Bertz CT molecular complexity index is 1780. The summed E-state index contributed by atoms with van der Waals surface area (Å²) < 4.78 is 12.7. The lowest BCUT2D eigenvalue weighted by Crippen LogP contribution is -2.19. The van der Waals surface area contributed by atoms with Gasteiger partial charge in [0.05, 0.1) is 41.7 Å². The fourth-order valence-corrected chi connectivity index (χ4v) is 4.68. The van der Waals surface area contributed by atoms with Crippen LogP contribution >= 0.6 is 0 Å². The summed E-state index contributed by atoms with van der Waals surface area (Å²) in [7, 11) is 7.21. The van der Waals surface area contributed by atoms with Crippen molar-refractivity contribution in [1.29, 1.82) is 0 Å². The largest absolute Gasteiger partial charge is 0.497 e. The fraction of sp³-hybridized carbons (Fsp3) is 0.148. The maximum Gasteiger partial charge on any atom is 0.328 e. The third kappa shape index (κ3) is 3.18. The van der Waals surface area contributed by atoms with Gasteiger partial charge in [-0.15, -0.1) is 0 Å². The molecule has 3 heterocycles. The normalized spacial score (nSPS) is 11.5. The minimum Gasteiger partial charge on any atom is -0.497 e. The van der Waals surface area contributed by atoms with E-state index in [2.05, 4.69) is 27.8 Å². The number of imidazole rings is 3. The highest BCUT2D eigenvalue weighted by Crippen LogP contribution is 2.32. The first kappa shape index (κ1) is 21.0. The minimum absolute atomic E-state index is 0.0522. The Labute approximate surface area is 201 Å². The Morgan fingerprint density at radius 1 is 0.800 bits per heavy atom. The van der Waals surface area contributed by atoms with Crippen molar-refractivity contribution < 1.29 is 4.74 Å². The summed E-state index contributed by atoms with van der Waals surface area (Å²) in [5.41, 5.74) is 7.52. The first-order valence-corrected chi connectivity index (χ1v) is 11.3. The number of hydrogen-bond donors (Lipinski definition) is 0. The van der Waals surface area contributed by atoms with Gasteiger partial charge in [0.25, 0.3) is 0 Å². The summed E-state index contributed by atoms with van der Waals surface area (Å²) in [6.07, 6.45) is 3.59. The van der Waals surface area contributed by atoms with Crippen LogP contribution in [0.1, 0.15) is 0 Å². The molecule has 0 atom stereocenters. The first-order valence-electron chi connectivity index (χ1n) is 11.3. The lowest BCUT2D eigenvalue weighted by molar-refractivity contribution is 0.415. The number of hydrogen-bond acceptors (Lipinski definition) is 4. The Morgan fingerprint density at radius 3 is 2.23 bits per heavy atom. The smallest absolute Gasteiger partial charge is 0.328 e. The van der Waals surface area contributed by atoms with Crippen LogP contribution in [0.5, 0.6) is 5.75 Å². The van der Waals surface area contributed by atoms with Crippen molar-refractivity contribution in [2.45, 2.75) is 0 Å². The molecule has 0 radical (unpaired) electrons. The lowest BCUT2D eigenvalue weighted by Gasteiger charge is -2.11. The van der Waals surface area contributed by atoms with E-state index in [9.17, 15) is 4.79 Å². The summed E-state index contributed by atoms with van der Waals surface area (Å²) in [6.45, 7) is 0. The van der Waals surface area contributed by atoms with Gasteiger partial charge in [-0.25, -0.2) is 14.8 Å². The molecule has 0 bridgehead atoms. The van der Waals surface area contributed by atoms with Crippen molar-refractivity contribution in [2.75, 3.05) is 7.11 Å². The van der Waals surface area contributed by atoms with Gasteiger partial charge in [0, 0.05) is 26.8 Å². The standard InChI is InChI=1S/C27H24N6O2/c1-30-16-28-15-25(30)26-29-21-13-18(17-5-9-20(35-4)10-6-17)7-11-22(21)33(26)19-8-12-23-24(14-19)32(3)27(34)31(23)2/h5-16H,1-4H3. The molecule has 8 heteroatoms. The third-order valence-electron chi connectivity index (χ3n) is 6.64. The number of nitrogens with zero attached hydrogens (tertiary/aromatic N) is 6. The molecule has 0 N–H and O–H groups in total. The van der Waals surface area contributed by atoms with E-state index in [0.717, 1.165) is 56.1 Å². The second-order valence-electron chi connectivity index (χ2n) is 8.67. The van der Waals surface area contributed by atoms with Gasteiger partial charge in [0.15, 0.2) is 5.82 Å². The van der Waals surface area contributed by atoms with Crippen molar-refractivity contribution in [1.82, 2.24) is 28.2 Å². The first-order chi connectivity index (χ1) is 17.0. The molecule has 3 aromatic heterocycles.